The van der Waals surface area contributed by atoms with Crippen LogP contribution in [-0.2, 0) is 15.3 Å². The van der Waals surface area contributed by atoms with E-state index in [1.165, 1.54) is 34.1 Å². The number of imide groups is 1. The van der Waals surface area contributed by atoms with Gasteiger partial charge in [0.15, 0.2) is 4.34 Å². The molecule has 0 unspecified atom stereocenters. The predicted octanol–water partition coefficient (Wildman–Crippen LogP) is 5.46. The molecule has 33 heavy (non-hydrogen) atoms. The standard InChI is InChI=1S/C23H16ClN3O4S2/c24-15-2-1-3-17(27(30)31)14(15)10-32-23-25-16-7-6-13(9-18(16)33-23)26-21(28)19-11-4-5-12(8-11)20(19)22(26)29/h1-7,9,11-12,19-20H,8,10H2/t11-,12-,19-,20+/m0/s1. The molecule has 0 spiro atoms. The average Bonchev–Trinajstić information content (AvgIpc) is 3.55. The van der Waals surface area contributed by atoms with Gasteiger partial charge in [-0.05, 0) is 42.5 Å². The Morgan fingerprint density at radius 2 is 1.88 bits per heavy atom. The minimum Gasteiger partial charge on any atom is -0.274 e. The Morgan fingerprint density at radius 1 is 1.15 bits per heavy atom. The number of hydrogen-bond acceptors (Lipinski definition) is 7. The van der Waals surface area contributed by atoms with Crippen molar-refractivity contribution in [3.63, 3.8) is 0 Å². The Labute approximate surface area is 201 Å². The summed E-state index contributed by atoms with van der Waals surface area (Å²) in [5.41, 5.74) is 1.77. The number of nitro benzene ring substituents is 1. The van der Waals surface area contributed by atoms with Gasteiger partial charge in [-0.2, -0.15) is 0 Å². The molecular formula is C23H16ClN3O4S2. The van der Waals surface area contributed by atoms with Crippen LogP contribution in [0.3, 0.4) is 0 Å². The third kappa shape index (κ3) is 3.21. The Balaban J connectivity index is 1.26. The van der Waals surface area contributed by atoms with Crippen molar-refractivity contribution < 1.29 is 14.5 Å². The quantitative estimate of drug-likeness (QED) is 0.153. The van der Waals surface area contributed by atoms with Crippen LogP contribution in [-0.4, -0.2) is 21.7 Å². The van der Waals surface area contributed by atoms with Crippen molar-refractivity contribution in [1.29, 1.82) is 0 Å². The van der Waals surface area contributed by atoms with Crippen molar-refractivity contribution in [2.75, 3.05) is 4.90 Å². The molecule has 1 aliphatic heterocycles. The molecule has 3 aliphatic rings. The van der Waals surface area contributed by atoms with Gasteiger partial charge in [0, 0.05) is 11.8 Å². The van der Waals surface area contributed by atoms with Gasteiger partial charge in [-0.25, -0.2) is 9.88 Å². The lowest BCUT2D eigenvalue weighted by Crippen LogP contribution is -2.32. The Bertz CT molecular complexity index is 1360. The Morgan fingerprint density at radius 3 is 2.58 bits per heavy atom. The molecule has 0 N–H and O–H groups in total. The molecular weight excluding hydrogens is 482 g/mol. The maximum Gasteiger partial charge on any atom is 0.274 e. The number of carbonyl (C=O) groups excluding carboxylic acids is 2. The minimum atomic E-state index is -0.437. The largest absolute Gasteiger partial charge is 0.274 e. The van der Waals surface area contributed by atoms with E-state index in [1.54, 1.807) is 18.2 Å². The SMILES string of the molecule is O=C1[C@@H]2[C@H](C(=O)N1c1ccc3nc(SCc4c(Cl)cccc4[N+](=O)[O-])sc3c1)[C@H]1C=C[C@H]2C1. The van der Waals surface area contributed by atoms with Crippen LogP contribution < -0.4 is 4.90 Å². The zero-order chi connectivity index (χ0) is 22.9. The number of thioether (sulfide) groups is 1. The van der Waals surface area contributed by atoms with E-state index in [1.807, 2.05) is 12.1 Å². The molecule has 1 aromatic heterocycles. The maximum atomic E-state index is 13.1. The number of aromatic nitrogens is 1. The molecule has 0 radical (unpaired) electrons. The van der Waals surface area contributed by atoms with E-state index in [2.05, 4.69) is 17.1 Å². The summed E-state index contributed by atoms with van der Waals surface area (Å²) in [6.07, 6.45) is 5.07. The molecule has 3 aromatic rings. The number of anilines is 1. The predicted molar refractivity (Wildman–Crippen MR) is 127 cm³/mol. The lowest BCUT2D eigenvalue weighted by atomic mass is 9.85. The minimum absolute atomic E-state index is 0.0153. The van der Waals surface area contributed by atoms with Gasteiger partial charge in [0.2, 0.25) is 11.8 Å². The van der Waals surface area contributed by atoms with Crippen molar-refractivity contribution in [1.82, 2.24) is 4.98 Å². The second kappa shape index (κ2) is 7.65. The molecule has 1 saturated carbocycles. The van der Waals surface area contributed by atoms with Gasteiger partial charge in [-0.1, -0.05) is 41.6 Å². The molecule has 2 fully saturated rings. The number of carbonyl (C=O) groups is 2. The van der Waals surface area contributed by atoms with Crippen LogP contribution in [0.15, 0.2) is 52.9 Å². The molecule has 4 atom stereocenters. The third-order valence-electron chi connectivity index (χ3n) is 6.71. The van der Waals surface area contributed by atoms with Gasteiger partial charge >= 0.3 is 0 Å². The second-order valence-electron chi connectivity index (χ2n) is 8.43. The number of halogens is 1. The van der Waals surface area contributed by atoms with Crippen LogP contribution in [0.4, 0.5) is 11.4 Å². The highest BCUT2D eigenvalue weighted by Gasteiger charge is 2.59. The highest BCUT2D eigenvalue weighted by Crippen LogP contribution is 2.53. The summed E-state index contributed by atoms with van der Waals surface area (Å²) in [7, 11) is 0. The van der Waals surface area contributed by atoms with E-state index >= 15 is 0 Å². The van der Waals surface area contributed by atoms with Gasteiger partial charge in [0.05, 0.1) is 43.2 Å². The number of hydrogen-bond donors (Lipinski definition) is 0. The molecule has 7 nitrogen and oxygen atoms in total. The molecule has 166 valence electrons. The fourth-order valence-electron chi connectivity index (χ4n) is 5.24. The van der Waals surface area contributed by atoms with Gasteiger partial charge in [-0.15, -0.1) is 11.3 Å². The van der Waals surface area contributed by atoms with Crippen LogP contribution in [0.25, 0.3) is 10.2 Å². The highest BCUT2D eigenvalue weighted by molar-refractivity contribution is 8.00. The number of amides is 2. The first-order valence-corrected chi connectivity index (χ1v) is 12.6. The van der Waals surface area contributed by atoms with Gasteiger partial charge < -0.3 is 0 Å². The number of nitrogens with zero attached hydrogens (tertiary/aromatic N) is 3. The maximum absolute atomic E-state index is 13.1. The molecule has 1 saturated heterocycles. The molecule has 2 amide bonds. The van der Waals surface area contributed by atoms with Crippen molar-refractivity contribution >= 4 is 68.1 Å². The Hall–Kier alpha value is -2.75. The van der Waals surface area contributed by atoms with E-state index in [0.717, 1.165) is 21.0 Å². The number of thiazole rings is 1. The summed E-state index contributed by atoms with van der Waals surface area (Å²) in [6, 6.07) is 10.0. The van der Waals surface area contributed by atoms with Crippen LogP contribution >= 0.6 is 34.7 Å². The van der Waals surface area contributed by atoms with Crippen molar-refractivity contribution in [2.24, 2.45) is 23.7 Å². The molecule has 10 heteroatoms. The van der Waals surface area contributed by atoms with Crippen LogP contribution in [0.2, 0.25) is 5.02 Å². The number of allylic oxidation sites excluding steroid dienone is 2. The van der Waals surface area contributed by atoms with Gasteiger partial charge in [0.1, 0.15) is 0 Å². The lowest BCUT2D eigenvalue weighted by molar-refractivity contribution is -0.385. The van der Waals surface area contributed by atoms with Gasteiger partial charge in [0.25, 0.3) is 5.69 Å². The average molecular weight is 498 g/mol. The fraction of sp³-hybridized carbons (Fsp3) is 0.261. The van der Waals surface area contributed by atoms with Crippen LogP contribution in [0, 0.1) is 33.8 Å². The van der Waals surface area contributed by atoms with E-state index in [9.17, 15) is 19.7 Å². The van der Waals surface area contributed by atoms with Crippen LogP contribution in [0.1, 0.15) is 12.0 Å². The summed E-state index contributed by atoms with van der Waals surface area (Å²) in [5.74, 6) is -0.0248. The second-order valence-corrected chi connectivity index (χ2v) is 11.1. The van der Waals surface area contributed by atoms with Crippen molar-refractivity contribution in [3.8, 4) is 0 Å². The number of nitro groups is 1. The Kier molecular flexibility index (Phi) is 4.83. The van der Waals surface area contributed by atoms with Crippen molar-refractivity contribution in [3.05, 3.63) is 69.3 Å². The summed E-state index contributed by atoms with van der Waals surface area (Å²) >= 11 is 8.99. The summed E-state index contributed by atoms with van der Waals surface area (Å²) < 4.78 is 1.58. The summed E-state index contributed by atoms with van der Waals surface area (Å²) in [6.45, 7) is 0. The monoisotopic (exact) mass is 497 g/mol. The van der Waals surface area contributed by atoms with E-state index in [0.29, 0.717) is 22.0 Å². The number of rotatable bonds is 5. The zero-order valence-corrected chi connectivity index (χ0v) is 19.4. The van der Waals surface area contributed by atoms with Gasteiger partial charge in [-0.3, -0.25) is 19.7 Å². The molecule has 2 aromatic carbocycles. The number of fused-ring (bicyclic) bond motifs is 6. The first-order chi connectivity index (χ1) is 15.9. The van der Waals surface area contributed by atoms with E-state index in [4.69, 9.17) is 11.6 Å². The van der Waals surface area contributed by atoms with E-state index < -0.39 is 4.92 Å². The molecule has 2 aliphatic carbocycles. The number of benzene rings is 2. The zero-order valence-electron chi connectivity index (χ0n) is 17.0. The molecule has 6 rings (SSSR count). The first kappa shape index (κ1) is 20.8. The van der Waals surface area contributed by atoms with E-state index in [-0.39, 0.29) is 41.2 Å². The highest BCUT2D eigenvalue weighted by atomic mass is 35.5. The van der Waals surface area contributed by atoms with Crippen LogP contribution in [0.5, 0.6) is 0 Å². The summed E-state index contributed by atoms with van der Waals surface area (Å²) in [5, 5.41) is 11.7. The normalized spacial score (nSPS) is 25.4. The third-order valence-corrected chi connectivity index (χ3v) is 9.25. The molecule has 2 bridgehead atoms. The van der Waals surface area contributed by atoms with Crippen molar-refractivity contribution in [2.45, 2.75) is 16.5 Å². The first-order valence-electron chi connectivity index (χ1n) is 10.4. The molecule has 2 heterocycles. The fourth-order valence-corrected chi connectivity index (χ4v) is 7.71. The smallest absolute Gasteiger partial charge is 0.274 e. The lowest BCUT2D eigenvalue weighted by Gasteiger charge is -2.17. The topological polar surface area (TPSA) is 93.4 Å². The summed E-state index contributed by atoms with van der Waals surface area (Å²) in [4.78, 5) is 43.0.